The monoisotopic (exact) mass is 645 g/mol. The molecule has 1 aliphatic heterocycles. The molecule has 12 nitrogen and oxygen atoms in total. The highest BCUT2D eigenvalue weighted by Gasteiger charge is 2.90. The van der Waals surface area contributed by atoms with Crippen molar-refractivity contribution >= 4 is 11.9 Å². The molecule has 7 bridgehead atoms. The lowest BCUT2D eigenvalue weighted by Gasteiger charge is -2.70. The molecule has 46 heavy (non-hydrogen) atoms. The van der Waals surface area contributed by atoms with Crippen molar-refractivity contribution in [2.75, 3.05) is 48.1 Å². The quantitative estimate of drug-likeness (QED) is 0.333. The highest BCUT2D eigenvalue weighted by Crippen LogP contribution is 2.80. The third-order valence-corrected chi connectivity index (χ3v) is 13.2. The molecule has 5 saturated carbocycles. The Morgan fingerprint density at radius 2 is 1.70 bits per heavy atom. The molecule has 254 valence electrons. The molecule has 1 aromatic carbocycles. The Labute approximate surface area is 269 Å². The topological polar surface area (TPSA) is 153 Å². The number of benzene rings is 1. The summed E-state index contributed by atoms with van der Waals surface area (Å²) in [4.78, 5) is 29.4. The maximum atomic E-state index is 13.8. The Balaban J connectivity index is 1.49. The van der Waals surface area contributed by atoms with Gasteiger partial charge in [-0.2, -0.15) is 0 Å². The number of likely N-dealkylation sites (tertiary alicyclic amines) is 1. The van der Waals surface area contributed by atoms with Crippen molar-refractivity contribution in [1.82, 2.24) is 4.90 Å². The molecule has 6 aliphatic rings. The lowest BCUT2D eigenvalue weighted by molar-refractivity contribution is -0.300. The highest BCUT2D eigenvalue weighted by atomic mass is 16.6. The van der Waals surface area contributed by atoms with Crippen LogP contribution >= 0.6 is 0 Å². The number of piperidine rings is 1. The van der Waals surface area contributed by atoms with Crippen LogP contribution in [0.2, 0.25) is 0 Å². The molecule has 12 heteroatoms. The van der Waals surface area contributed by atoms with Gasteiger partial charge in [0.05, 0.1) is 36.6 Å². The number of aliphatic hydroxyl groups excluding tert-OH is 1. The second kappa shape index (κ2) is 10.8. The minimum atomic E-state index is -1.61. The molecule has 0 radical (unpaired) electrons. The first-order valence-electron chi connectivity index (χ1n) is 16.4. The van der Waals surface area contributed by atoms with Gasteiger partial charge in [-0.3, -0.25) is 9.69 Å². The third-order valence-electron chi connectivity index (χ3n) is 13.2. The van der Waals surface area contributed by atoms with Crippen molar-refractivity contribution in [1.29, 1.82) is 0 Å². The number of esters is 2. The van der Waals surface area contributed by atoms with E-state index in [4.69, 9.17) is 28.4 Å². The van der Waals surface area contributed by atoms with Gasteiger partial charge in [0.15, 0.2) is 0 Å². The van der Waals surface area contributed by atoms with Gasteiger partial charge in [-0.05, 0) is 43.1 Å². The zero-order valence-electron chi connectivity index (χ0n) is 27.4. The number of fused-ring (bicyclic) bond motifs is 2. The summed E-state index contributed by atoms with van der Waals surface area (Å²) in [5, 5.41) is 34.6. The van der Waals surface area contributed by atoms with Crippen LogP contribution in [-0.4, -0.2) is 128 Å². The van der Waals surface area contributed by atoms with E-state index in [1.165, 1.54) is 38.3 Å². The Hall–Kier alpha value is -2.32. The molecular formula is C34H47NO11. The minimum absolute atomic E-state index is 0.00800. The first-order chi connectivity index (χ1) is 21.9. The van der Waals surface area contributed by atoms with Crippen LogP contribution in [0.25, 0.3) is 0 Å². The van der Waals surface area contributed by atoms with Gasteiger partial charge in [0, 0.05) is 89.4 Å². The summed E-state index contributed by atoms with van der Waals surface area (Å²) in [5.74, 6) is -2.84. The normalized spacial score (nSPS) is 48.3. The van der Waals surface area contributed by atoms with Crippen LogP contribution in [0, 0.1) is 34.5 Å². The zero-order valence-corrected chi connectivity index (χ0v) is 27.4. The standard InChI is InChI=1S/C34H47NO11/c1-7-35-15-31(16-41-3)21(38)12-22(42-4)34-20-13-32(40)23(43-5)14-33(46-17(2)36,25(28(34)35)26(44-6)27(31)34)24(20)29(32)45-30(39)18-8-10-19(37)11-9-18/h8-11,20-29,37-38,40H,7,12-16H2,1-6H3. The fourth-order valence-corrected chi connectivity index (χ4v) is 12.2. The SMILES string of the molecule is CCN1CC2(COC)C(O)CC(OC)C34C5CC6(O)C(OC)CC(OC(C)=O)(C5C6OC(=O)c5ccc(O)cc5)C(C(OC)C23)C14. The summed E-state index contributed by atoms with van der Waals surface area (Å²) in [6, 6.07) is 5.56. The molecule has 0 aromatic heterocycles. The van der Waals surface area contributed by atoms with Crippen LogP contribution in [-0.2, 0) is 33.2 Å². The number of carbonyl (C=O) groups excluding carboxylic acids is 2. The van der Waals surface area contributed by atoms with Crippen molar-refractivity contribution in [2.24, 2.45) is 34.5 Å². The molecule has 7 rings (SSSR count). The van der Waals surface area contributed by atoms with Crippen LogP contribution in [0.15, 0.2) is 24.3 Å². The fourth-order valence-electron chi connectivity index (χ4n) is 12.2. The lowest BCUT2D eigenvalue weighted by atomic mass is 9.42. The van der Waals surface area contributed by atoms with Gasteiger partial charge in [-0.1, -0.05) is 6.92 Å². The van der Waals surface area contributed by atoms with E-state index in [9.17, 15) is 24.9 Å². The maximum Gasteiger partial charge on any atom is 0.338 e. The van der Waals surface area contributed by atoms with Crippen molar-refractivity contribution < 1.29 is 53.3 Å². The number of phenols is 1. The Morgan fingerprint density at radius 1 is 1.00 bits per heavy atom. The third kappa shape index (κ3) is 3.75. The Bertz CT molecular complexity index is 1380. The first kappa shape index (κ1) is 32.2. The van der Waals surface area contributed by atoms with Crippen molar-refractivity contribution in [3.8, 4) is 5.75 Å². The summed E-state index contributed by atoms with van der Waals surface area (Å²) in [6.45, 7) is 4.98. The lowest BCUT2D eigenvalue weighted by Crippen LogP contribution is -2.79. The summed E-state index contributed by atoms with van der Waals surface area (Å²) in [7, 11) is 6.50. The van der Waals surface area contributed by atoms with Crippen LogP contribution in [0.3, 0.4) is 0 Å². The van der Waals surface area contributed by atoms with E-state index in [1.807, 2.05) is 0 Å². The van der Waals surface area contributed by atoms with Gasteiger partial charge >= 0.3 is 11.9 Å². The van der Waals surface area contributed by atoms with Gasteiger partial charge in [0.25, 0.3) is 0 Å². The smallest absolute Gasteiger partial charge is 0.338 e. The number of nitrogens with zero attached hydrogens (tertiary/aromatic N) is 1. The van der Waals surface area contributed by atoms with Gasteiger partial charge < -0.3 is 43.7 Å². The van der Waals surface area contributed by atoms with E-state index in [2.05, 4.69) is 11.8 Å². The van der Waals surface area contributed by atoms with Crippen LogP contribution < -0.4 is 0 Å². The number of rotatable bonds is 9. The summed E-state index contributed by atoms with van der Waals surface area (Å²) >= 11 is 0. The van der Waals surface area contributed by atoms with E-state index >= 15 is 0 Å². The number of ether oxygens (including phenoxy) is 6. The van der Waals surface area contributed by atoms with Gasteiger partial charge in [0.2, 0.25) is 0 Å². The Morgan fingerprint density at radius 3 is 2.28 bits per heavy atom. The number of hydrogen-bond donors (Lipinski definition) is 3. The molecule has 1 heterocycles. The van der Waals surface area contributed by atoms with Crippen molar-refractivity contribution in [3.63, 3.8) is 0 Å². The van der Waals surface area contributed by atoms with Crippen LogP contribution in [0.5, 0.6) is 5.75 Å². The molecular weight excluding hydrogens is 598 g/mol. The number of aliphatic hydroxyl groups is 2. The fraction of sp³-hybridized carbons (Fsp3) is 0.765. The second-order valence-corrected chi connectivity index (χ2v) is 14.5. The number of hydrogen-bond acceptors (Lipinski definition) is 12. The predicted molar refractivity (Wildman–Crippen MR) is 161 cm³/mol. The molecule has 14 unspecified atom stereocenters. The van der Waals surface area contributed by atoms with Gasteiger partial charge in [0.1, 0.15) is 23.1 Å². The van der Waals surface area contributed by atoms with E-state index in [0.29, 0.717) is 19.5 Å². The summed E-state index contributed by atoms with van der Waals surface area (Å²) in [6.07, 6.45) is -2.84. The molecule has 3 N–H and O–H groups in total. The second-order valence-electron chi connectivity index (χ2n) is 14.5. The molecule has 1 spiro atoms. The average Bonchev–Trinajstić information content (AvgIpc) is 3.40. The molecule has 5 aliphatic carbocycles. The molecule has 1 aromatic rings. The summed E-state index contributed by atoms with van der Waals surface area (Å²) < 4.78 is 37.7. The number of carbonyl (C=O) groups is 2. The molecule has 0 amide bonds. The molecule has 6 fully saturated rings. The minimum Gasteiger partial charge on any atom is -0.508 e. The first-order valence-corrected chi connectivity index (χ1v) is 16.4. The van der Waals surface area contributed by atoms with Crippen LogP contribution in [0.1, 0.15) is 43.5 Å². The summed E-state index contributed by atoms with van der Waals surface area (Å²) in [5.41, 5.74) is -4.05. The number of methoxy groups -OCH3 is 4. The van der Waals surface area contributed by atoms with E-state index in [-0.39, 0.29) is 48.6 Å². The van der Waals surface area contributed by atoms with Gasteiger partial charge in [-0.15, -0.1) is 0 Å². The highest BCUT2D eigenvalue weighted by molar-refractivity contribution is 5.89. The van der Waals surface area contributed by atoms with E-state index in [0.717, 1.165) is 0 Å². The van der Waals surface area contributed by atoms with Crippen molar-refractivity contribution in [2.45, 2.75) is 80.9 Å². The number of phenolic OH excluding ortho intramolecular Hbond substituents is 1. The molecule has 14 atom stereocenters. The van der Waals surface area contributed by atoms with Gasteiger partial charge in [-0.25, -0.2) is 4.79 Å². The van der Waals surface area contributed by atoms with E-state index in [1.54, 1.807) is 21.3 Å². The maximum absolute atomic E-state index is 13.8. The zero-order chi connectivity index (χ0) is 33.0. The van der Waals surface area contributed by atoms with E-state index < -0.39 is 76.3 Å². The largest absolute Gasteiger partial charge is 0.508 e. The predicted octanol–water partition coefficient (Wildman–Crippen LogP) is 1.38. The van der Waals surface area contributed by atoms with Crippen LogP contribution in [0.4, 0.5) is 0 Å². The average molecular weight is 646 g/mol. The van der Waals surface area contributed by atoms with Crippen molar-refractivity contribution in [3.05, 3.63) is 29.8 Å². The molecule has 1 saturated heterocycles. The number of aromatic hydroxyl groups is 1. The Kier molecular flexibility index (Phi) is 7.60.